The van der Waals surface area contributed by atoms with Crippen molar-refractivity contribution in [2.24, 2.45) is 35.5 Å². The van der Waals surface area contributed by atoms with E-state index in [0.717, 1.165) is 57.8 Å². The molecule has 0 aliphatic heterocycles. The van der Waals surface area contributed by atoms with Crippen LogP contribution in [0.3, 0.4) is 0 Å². The third kappa shape index (κ3) is 39.8. The number of hydrogen-bond acceptors (Lipinski definition) is 9. The summed E-state index contributed by atoms with van der Waals surface area (Å²) in [6.07, 6.45) is 24.5. The molecule has 0 aromatic carbocycles. The molecule has 10 heteroatoms. The summed E-state index contributed by atoms with van der Waals surface area (Å²) >= 11 is 13.8. The van der Waals surface area contributed by atoms with Gasteiger partial charge in [-0.25, -0.2) is 0 Å². The van der Waals surface area contributed by atoms with Crippen LogP contribution in [0, 0.1) is 35.5 Å². The van der Waals surface area contributed by atoms with Crippen molar-refractivity contribution in [3.8, 4) is 0 Å². The Morgan fingerprint density at radius 3 is 0.902 bits per heavy atom. The summed E-state index contributed by atoms with van der Waals surface area (Å²) in [4.78, 5) is 32.1. The molecule has 0 radical (unpaired) electrons. The first kappa shape index (κ1) is 58.0. The van der Waals surface area contributed by atoms with E-state index in [1.165, 1.54) is 81.5 Å². The van der Waals surface area contributed by atoms with Crippen molar-refractivity contribution in [3.63, 3.8) is 0 Å². The second-order valence-corrected chi connectivity index (χ2v) is 16.6. The van der Waals surface area contributed by atoms with E-state index in [4.69, 9.17) is 0 Å². The first-order valence-electron chi connectivity index (χ1n) is 20.5. The van der Waals surface area contributed by atoms with Crippen LogP contribution >= 0.6 is 37.9 Å². The van der Waals surface area contributed by atoms with Crippen LogP contribution < -0.4 is 15.3 Å². The molecule has 0 fully saturated rings. The van der Waals surface area contributed by atoms with E-state index in [0.29, 0.717) is 35.0 Å². The molecule has 302 valence electrons. The van der Waals surface area contributed by atoms with Gasteiger partial charge in [-0.2, -0.15) is 37.9 Å². The summed E-state index contributed by atoms with van der Waals surface area (Å²) in [5.41, 5.74) is 0. The van der Waals surface area contributed by atoms with Crippen LogP contribution in [-0.2, 0) is 14.4 Å². The van der Waals surface area contributed by atoms with E-state index in [9.17, 15) is 29.7 Å². The Bertz CT molecular complexity index is 669. The molecule has 6 nitrogen and oxygen atoms in total. The van der Waals surface area contributed by atoms with Crippen LogP contribution in [0.4, 0.5) is 0 Å². The van der Waals surface area contributed by atoms with Gasteiger partial charge in [0.2, 0.25) is 0 Å². The minimum absolute atomic E-state index is 0.375. The molecular formula is C41H80O6S3Sn. The molecule has 0 saturated heterocycles. The fourth-order valence-corrected chi connectivity index (χ4v) is 7.40. The van der Waals surface area contributed by atoms with Crippen LogP contribution in [0.15, 0.2) is 0 Å². The molecule has 0 spiro atoms. The number of hydrogen-bond donors (Lipinski definition) is 3. The SMILES string of the molecule is CCCCC(CC)CC(CS)C(=O)[O-].CCCCC(CC)CC(CS)C(=O)[O-].CCCCC(CC)CC(CS)C(=O)[O-].CCCCCCC[CH2][Sn+3]. The average molecular weight is 884 g/mol. The first-order valence-corrected chi connectivity index (χ1v) is 24.4. The van der Waals surface area contributed by atoms with Crippen molar-refractivity contribution < 1.29 is 29.7 Å². The van der Waals surface area contributed by atoms with Gasteiger partial charge < -0.3 is 29.7 Å². The van der Waals surface area contributed by atoms with Crippen LogP contribution in [0.2, 0.25) is 4.44 Å². The minimum atomic E-state index is -0.949. The monoisotopic (exact) mass is 884 g/mol. The second kappa shape index (κ2) is 44.7. The first-order chi connectivity index (χ1) is 24.4. The van der Waals surface area contributed by atoms with E-state index in [1.807, 2.05) is 0 Å². The van der Waals surface area contributed by atoms with Crippen LogP contribution in [0.1, 0.15) is 183 Å². The van der Waals surface area contributed by atoms with Gasteiger partial charge in [-0.05, 0) is 54.3 Å². The molecule has 0 amide bonds. The number of aliphatic carboxylic acids is 3. The topological polar surface area (TPSA) is 120 Å². The Morgan fingerprint density at radius 2 is 0.706 bits per heavy atom. The number of carbonyl (C=O) groups excluding carboxylic acids is 3. The predicted octanol–water partition coefficient (Wildman–Crippen LogP) is 8.60. The Kier molecular flexibility index (Phi) is 50.8. The summed E-state index contributed by atoms with van der Waals surface area (Å²) in [5, 5.41) is 32.1. The Balaban J connectivity index is -0.000000292. The third-order valence-corrected chi connectivity index (χ3v) is 12.0. The molecule has 0 bridgehead atoms. The molecule has 0 aromatic heterocycles. The van der Waals surface area contributed by atoms with Crippen LogP contribution in [0.5, 0.6) is 0 Å². The summed E-state index contributed by atoms with van der Waals surface area (Å²) in [6, 6.07) is 0. The summed E-state index contributed by atoms with van der Waals surface area (Å²) in [6.45, 7) is 15.1. The molecule has 6 unspecified atom stereocenters. The van der Waals surface area contributed by atoms with Gasteiger partial charge in [-0.15, -0.1) is 0 Å². The maximum absolute atomic E-state index is 10.7. The third-order valence-electron chi connectivity index (χ3n) is 9.67. The van der Waals surface area contributed by atoms with E-state index >= 15 is 0 Å². The molecule has 6 atom stereocenters. The van der Waals surface area contributed by atoms with Crippen molar-refractivity contribution in [2.75, 3.05) is 17.3 Å². The number of carboxylic acids is 3. The van der Waals surface area contributed by atoms with E-state index in [1.54, 1.807) is 22.5 Å². The van der Waals surface area contributed by atoms with Gasteiger partial charge in [0, 0.05) is 35.7 Å². The Hall–Kier alpha value is 0.259. The molecule has 0 N–H and O–H groups in total. The second-order valence-electron chi connectivity index (χ2n) is 14.1. The predicted molar refractivity (Wildman–Crippen MR) is 225 cm³/mol. The van der Waals surface area contributed by atoms with Crippen molar-refractivity contribution in [1.29, 1.82) is 0 Å². The van der Waals surface area contributed by atoms with Gasteiger partial charge in [0.05, 0.1) is 0 Å². The molecular weight excluding hydrogens is 803 g/mol. The quantitative estimate of drug-likeness (QED) is 0.0378. The van der Waals surface area contributed by atoms with E-state index in [2.05, 4.69) is 86.4 Å². The zero-order valence-electron chi connectivity index (χ0n) is 33.9. The van der Waals surface area contributed by atoms with Gasteiger partial charge in [0.15, 0.2) is 0 Å². The molecule has 51 heavy (non-hydrogen) atoms. The van der Waals surface area contributed by atoms with Gasteiger partial charge >= 0.3 is 72.4 Å². The molecule has 0 aliphatic carbocycles. The van der Waals surface area contributed by atoms with Crippen molar-refractivity contribution in [2.45, 2.75) is 188 Å². The number of unbranched alkanes of at least 4 members (excludes halogenated alkanes) is 8. The zero-order valence-corrected chi connectivity index (χ0v) is 39.5. The molecule has 0 saturated carbocycles. The standard InChI is InChI=1S/3C11H22O2S.C8H17.Sn/c3*1-3-5-6-9(4-2)7-10(8-14)11(12)13;1-3-5-7-8-6-4-2;/h3*9-10,14H,3-8H2,1-2H3,(H,12,13);1,3-8H2,2H3;/q;;;;+3/p-3. The number of carbonyl (C=O) groups is 3. The van der Waals surface area contributed by atoms with Crippen LogP contribution in [0.25, 0.3) is 0 Å². The summed E-state index contributed by atoms with van der Waals surface area (Å²) in [7, 11) is 0. The fourth-order valence-electron chi connectivity index (χ4n) is 5.79. The number of rotatable bonds is 30. The Morgan fingerprint density at radius 1 is 0.451 bits per heavy atom. The Labute approximate surface area is 346 Å². The van der Waals surface area contributed by atoms with Gasteiger partial charge in [0.25, 0.3) is 0 Å². The van der Waals surface area contributed by atoms with E-state index in [-0.39, 0.29) is 17.8 Å². The number of carboxylic acid groups (broad SMARTS) is 3. The van der Waals surface area contributed by atoms with Gasteiger partial charge in [-0.3, -0.25) is 0 Å². The maximum atomic E-state index is 10.7. The summed E-state index contributed by atoms with van der Waals surface area (Å²) < 4.78 is 1.46. The molecule has 0 rings (SSSR count). The van der Waals surface area contributed by atoms with Gasteiger partial charge in [0.1, 0.15) is 0 Å². The summed E-state index contributed by atoms with van der Waals surface area (Å²) in [5.74, 6) is -1.23. The average Bonchev–Trinajstić information content (AvgIpc) is 3.12. The zero-order chi connectivity index (χ0) is 39.9. The molecule has 0 aliphatic rings. The van der Waals surface area contributed by atoms with Gasteiger partial charge in [-0.1, -0.05) is 119 Å². The van der Waals surface area contributed by atoms with E-state index < -0.39 is 17.9 Å². The van der Waals surface area contributed by atoms with Crippen LogP contribution in [-0.4, -0.2) is 57.7 Å². The number of thiol groups is 3. The van der Waals surface area contributed by atoms with Crippen molar-refractivity contribution in [1.82, 2.24) is 0 Å². The van der Waals surface area contributed by atoms with Crippen molar-refractivity contribution in [3.05, 3.63) is 0 Å². The normalized spacial score (nSPS) is 14.2. The fraction of sp³-hybridized carbons (Fsp3) is 0.927. The molecule has 0 heterocycles. The van der Waals surface area contributed by atoms with Crippen molar-refractivity contribution >= 4 is 78.3 Å². The molecule has 0 aromatic rings.